The maximum absolute atomic E-state index is 4.07. The summed E-state index contributed by atoms with van der Waals surface area (Å²) in [4.78, 5) is 4.07. The number of hydrogen-bond acceptors (Lipinski definition) is 2. The van der Waals surface area contributed by atoms with E-state index in [0.29, 0.717) is 0 Å². The second kappa shape index (κ2) is 7.12. The number of pyridine rings is 1. The van der Waals surface area contributed by atoms with E-state index in [1.807, 2.05) is 12.4 Å². The van der Waals surface area contributed by atoms with Gasteiger partial charge in [0.05, 0.1) is 0 Å². The van der Waals surface area contributed by atoms with Crippen molar-refractivity contribution in [1.82, 2.24) is 10.3 Å². The number of hydrogen-bond donors (Lipinski definition) is 1. The summed E-state index contributed by atoms with van der Waals surface area (Å²) >= 11 is 0. The number of rotatable bonds is 6. The van der Waals surface area contributed by atoms with Crippen LogP contribution in [0.1, 0.15) is 31.7 Å². The molecule has 0 unspecified atom stereocenters. The summed E-state index contributed by atoms with van der Waals surface area (Å²) in [6.45, 7) is 4.31. The van der Waals surface area contributed by atoms with Gasteiger partial charge in [0.15, 0.2) is 0 Å². The third kappa shape index (κ3) is 3.81. The molecule has 0 bridgehead atoms. The summed E-state index contributed by atoms with van der Waals surface area (Å²) < 4.78 is 0. The van der Waals surface area contributed by atoms with E-state index < -0.39 is 0 Å². The van der Waals surface area contributed by atoms with Crippen LogP contribution in [-0.2, 0) is 6.42 Å². The van der Waals surface area contributed by atoms with Crippen LogP contribution in [0.2, 0.25) is 0 Å². The highest BCUT2D eigenvalue weighted by Crippen LogP contribution is 2.24. The van der Waals surface area contributed by atoms with Crippen molar-refractivity contribution in [3.8, 4) is 0 Å². The first-order valence-electron chi connectivity index (χ1n) is 6.87. The molecule has 0 radical (unpaired) electrons. The van der Waals surface area contributed by atoms with Gasteiger partial charge in [0.25, 0.3) is 0 Å². The Morgan fingerprint density at radius 2 is 2.11 bits per heavy atom. The molecular weight excluding hydrogens is 220 g/mol. The van der Waals surface area contributed by atoms with E-state index >= 15 is 0 Å². The summed E-state index contributed by atoms with van der Waals surface area (Å²) in [6.07, 6.45) is 13.0. The first-order chi connectivity index (χ1) is 8.90. The number of aromatic nitrogens is 1. The lowest BCUT2D eigenvalue weighted by molar-refractivity contribution is 0.691. The average Bonchev–Trinajstić information content (AvgIpc) is 2.42. The molecule has 18 heavy (non-hydrogen) atoms. The van der Waals surface area contributed by atoms with Gasteiger partial charge in [-0.2, -0.15) is 0 Å². The standard InChI is InChI=1S/C16H22N2/c1-2-17-12-9-15-5-3-4-6-16(15)13-14-7-10-18-11-8-14/h4,6-8,10-11,17H,2-3,5,9,12-13H2,1H3. The van der Waals surface area contributed by atoms with Crippen LogP contribution >= 0.6 is 0 Å². The van der Waals surface area contributed by atoms with E-state index in [2.05, 4.69) is 41.5 Å². The largest absolute Gasteiger partial charge is 0.317 e. The Kier molecular flexibility index (Phi) is 5.15. The molecule has 0 fully saturated rings. The van der Waals surface area contributed by atoms with Gasteiger partial charge in [-0.3, -0.25) is 4.98 Å². The van der Waals surface area contributed by atoms with Crippen molar-refractivity contribution < 1.29 is 0 Å². The Balaban J connectivity index is 2.03. The fraction of sp³-hybridized carbons (Fsp3) is 0.438. The third-order valence-corrected chi connectivity index (χ3v) is 3.38. The second-order valence-corrected chi connectivity index (χ2v) is 4.71. The van der Waals surface area contributed by atoms with Crippen LogP contribution < -0.4 is 5.32 Å². The van der Waals surface area contributed by atoms with Crippen LogP contribution in [0.5, 0.6) is 0 Å². The van der Waals surface area contributed by atoms with Crippen molar-refractivity contribution in [2.45, 2.75) is 32.6 Å². The molecule has 2 heteroatoms. The fourth-order valence-electron chi connectivity index (χ4n) is 2.37. The van der Waals surface area contributed by atoms with Gasteiger partial charge in [-0.1, -0.05) is 24.6 Å². The van der Waals surface area contributed by atoms with Gasteiger partial charge in [0.2, 0.25) is 0 Å². The Bertz CT molecular complexity index is 418. The second-order valence-electron chi connectivity index (χ2n) is 4.71. The summed E-state index contributed by atoms with van der Waals surface area (Å²) in [6, 6.07) is 4.22. The number of allylic oxidation sites excluding steroid dienone is 3. The van der Waals surface area contributed by atoms with Crippen molar-refractivity contribution in [2.24, 2.45) is 0 Å². The lowest BCUT2D eigenvalue weighted by Gasteiger charge is -2.16. The molecule has 2 rings (SSSR count). The lowest BCUT2D eigenvalue weighted by atomic mass is 9.91. The van der Waals surface area contributed by atoms with Crippen LogP contribution in [0.4, 0.5) is 0 Å². The minimum Gasteiger partial charge on any atom is -0.317 e. The molecule has 2 nitrogen and oxygen atoms in total. The summed E-state index contributed by atoms with van der Waals surface area (Å²) in [5.74, 6) is 0. The average molecular weight is 242 g/mol. The highest BCUT2D eigenvalue weighted by molar-refractivity contribution is 5.34. The zero-order valence-electron chi connectivity index (χ0n) is 11.2. The predicted octanol–water partition coefficient (Wildman–Crippen LogP) is 3.27. The first-order valence-corrected chi connectivity index (χ1v) is 6.87. The Hall–Kier alpha value is -1.41. The molecule has 0 aliphatic heterocycles. The zero-order chi connectivity index (χ0) is 12.6. The number of nitrogens with zero attached hydrogens (tertiary/aromatic N) is 1. The molecule has 1 aliphatic rings. The molecule has 1 aromatic rings. The van der Waals surface area contributed by atoms with E-state index in [0.717, 1.165) is 19.5 Å². The molecule has 1 aliphatic carbocycles. The topological polar surface area (TPSA) is 24.9 Å². The minimum absolute atomic E-state index is 1.04. The zero-order valence-corrected chi connectivity index (χ0v) is 11.2. The lowest BCUT2D eigenvalue weighted by Crippen LogP contribution is -2.15. The molecular formula is C16H22N2. The molecule has 0 atom stereocenters. The van der Waals surface area contributed by atoms with E-state index in [9.17, 15) is 0 Å². The van der Waals surface area contributed by atoms with Crippen molar-refractivity contribution in [1.29, 1.82) is 0 Å². The van der Waals surface area contributed by atoms with E-state index in [1.165, 1.54) is 30.4 Å². The molecule has 0 amide bonds. The van der Waals surface area contributed by atoms with Gasteiger partial charge >= 0.3 is 0 Å². The van der Waals surface area contributed by atoms with Crippen molar-refractivity contribution in [3.63, 3.8) is 0 Å². The van der Waals surface area contributed by atoms with Gasteiger partial charge in [-0.05, 0) is 62.0 Å². The molecule has 1 heterocycles. The molecule has 1 N–H and O–H groups in total. The van der Waals surface area contributed by atoms with E-state index in [1.54, 1.807) is 5.57 Å². The molecule has 0 spiro atoms. The summed E-state index contributed by atoms with van der Waals surface area (Å²) in [5.41, 5.74) is 4.48. The van der Waals surface area contributed by atoms with Crippen molar-refractivity contribution in [2.75, 3.05) is 13.1 Å². The fourth-order valence-corrected chi connectivity index (χ4v) is 2.37. The number of nitrogens with one attached hydrogen (secondary N) is 1. The Labute approximate surface area is 110 Å². The maximum Gasteiger partial charge on any atom is 0.0270 e. The van der Waals surface area contributed by atoms with Gasteiger partial charge in [0, 0.05) is 12.4 Å². The first kappa shape index (κ1) is 13.0. The van der Waals surface area contributed by atoms with Gasteiger partial charge in [0.1, 0.15) is 0 Å². The molecule has 0 saturated carbocycles. The maximum atomic E-state index is 4.07. The monoisotopic (exact) mass is 242 g/mol. The molecule has 1 aromatic heterocycles. The summed E-state index contributed by atoms with van der Waals surface area (Å²) in [7, 11) is 0. The predicted molar refractivity (Wildman–Crippen MR) is 76.5 cm³/mol. The Morgan fingerprint density at radius 3 is 2.89 bits per heavy atom. The molecule has 96 valence electrons. The van der Waals surface area contributed by atoms with Crippen LogP contribution in [0.25, 0.3) is 0 Å². The molecule has 0 aromatic carbocycles. The quantitative estimate of drug-likeness (QED) is 0.774. The SMILES string of the molecule is CCNCCC1=C(Cc2ccncc2)C=CCC1. The van der Waals surface area contributed by atoms with Gasteiger partial charge < -0.3 is 5.32 Å². The van der Waals surface area contributed by atoms with Crippen LogP contribution in [-0.4, -0.2) is 18.1 Å². The Morgan fingerprint density at radius 1 is 1.28 bits per heavy atom. The van der Waals surface area contributed by atoms with Crippen LogP contribution in [0, 0.1) is 0 Å². The minimum atomic E-state index is 1.04. The van der Waals surface area contributed by atoms with Crippen molar-refractivity contribution >= 4 is 0 Å². The van der Waals surface area contributed by atoms with Gasteiger partial charge in [-0.15, -0.1) is 0 Å². The van der Waals surface area contributed by atoms with Crippen molar-refractivity contribution in [3.05, 3.63) is 53.4 Å². The highest BCUT2D eigenvalue weighted by Gasteiger charge is 2.08. The van der Waals surface area contributed by atoms with Crippen LogP contribution in [0.15, 0.2) is 47.8 Å². The summed E-state index contributed by atoms with van der Waals surface area (Å²) in [5, 5.41) is 3.41. The van der Waals surface area contributed by atoms with E-state index in [4.69, 9.17) is 0 Å². The smallest absolute Gasteiger partial charge is 0.0270 e. The normalized spacial score (nSPS) is 15.2. The molecule has 0 saturated heterocycles. The van der Waals surface area contributed by atoms with E-state index in [-0.39, 0.29) is 0 Å². The third-order valence-electron chi connectivity index (χ3n) is 3.38. The van der Waals surface area contributed by atoms with Crippen LogP contribution in [0.3, 0.4) is 0 Å². The highest BCUT2D eigenvalue weighted by atomic mass is 14.8. The van der Waals surface area contributed by atoms with Gasteiger partial charge in [-0.25, -0.2) is 0 Å².